The van der Waals surface area contributed by atoms with Crippen LogP contribution in [0.15, 0.2) is 24.3 Å². The topological polar surface area (TPSA) is 52.6 Å². The van der Waals surface area contributed by atoms with Crippen molar-refractivity contribution in [2.24, 2.45) is 0 Å². The van der Waals surface area contributed by atoms with Gasteiger partial charge in [0.2, 0.25) is 0 Å². The minimum Gasteiger partial charge on any atom is -0.386 e. The molecule has 0 unspecified atom stereocenters. The van der Waals surface area contributed by atoms with Crippen molar-refractivity contribution in [1.82, 2.24) is 4.90 Å². The zero-order valence-electron chi connectivity index (χ0n) is 9.53. The molecule has 1 aromatic rings. The van der Waals surface area contributed by atoms with Gasteiger partial charge in [0, 0.05) is 5.69 Å². The molecule has 0 aliphatic carbocycles. The third kappa shape index (κ3) is 2.33. The van der Waals surface area contributed by atoms with E-state index in [1.165, 1.54) is 0 Å². The first kappa shape index (κ1) is 11.0. The second kappa shape index (κ2) is 3.79. The fraction of sp³-hybridized carbons (Fsp3) is 0.417. The smallest absolute Gasteiger partial charge is 0.322 e. The predicted octanol–water partition coefficient (Wildman–Crippen LogP) is 1.59. The molecule has 1 saturated heterocycles. The maximum Gasteiger partial charge on any atom is 0.322 e. The second-order valence-corrected chi connectivity index (χ2v) is 4.65. The first-order chi connectivity index (χ1) is 7.46. The number of aliphatic hydroxyl groups is 1. The van der Waals surface area contributed by atoms with Crippen LogP contribution in [0.3, 0.4) is 0 Å². The van der Waals surface area contributed by atoms with Crippen molar-refractivity contribution in [1.29, 1.82) is 0 Å². The first-order valence-corrected chi connectivity index (χ1v) is 5.31. The van der Waals surface area contributed by atoms with Crippen molar-refractivity contribution in [3.63, 3.8) is 0 Å². The van der Waals surface area contributed by atoms with E-state index >= 15 is 0 Å². The van der Waals surface area contributed by atoms with Crippen LogP contribution in [-0.4, -0.2) is 34.7 Å². The first-order valence-electron chi connectivity index (χ1n) is 5.31. The summed E-state index contributed by atoms with van der Waals surface area (Å²) < 4.78 is 0. The van der Waals surface area contributed by atoms with E-state index in [-0.39, 0.29) is 6.03 Å². The molecule has 0 radical (unpaired) electrons. The average Bonchev–Trinajstić information content (AvgIpc) is 2.18. The summed E-state index contributed by atoms with van der Waals surface area (Å²) in [5.41, 5.74) is 1.22. The molecule has 16 heavy (non-hydrogen) atoms. The standard InChI is InChI=1S/C12H16N2O2/c1-9-3-5-10(6-4-9)13-11(15)14-7-12(2,16)8-14/h3-6,16H,7-8H2,1-2H3,(H,13,15). The fourth-order valence-electron chi connectivity index (χ4n) is 1.76. The Labute approximate surface area is 94.9 Å². The number of amides is 2. The zero-order valence-corrected chi connectivity index (χ0v) is 9.53. The molecular weight excluding hydrogens is 204 g/mol. The number of carbonyl (C=O) groups is 1. The van der Waals surface area contributed by atoms with E-state index in [1.807, 2.05) is 31.2 Å². The van der Waals surface area contributed by atoms with Gasteiger partial charge in [-0.15, -0.1) is 0 Å². The SMILES string of the molecule is Cc1ccc(NC(=O)N2CC(C)(O)C2)cc1. The minimum atomic E-state index is -0.718. The Hall–Kier alpha value is -1.55. The molecule has 4 heteroatoms. The summed E-state index contributed by atoms with van der Waals surface area (Å²) >= 11 is 0. The van der Waals surface area contributed by atoms with Gasteiger partial charge in [0.15, 0.2) is 0 Å². The summed E-state index contributed by atoms with van der Waals surface area (Å²) in [5.74, 6) is 0. The highest BCUT2D eigenvalue weighted by atomic mass is 16.3. The van der Waals surface area contributed by atoms with Crippen molar-refractivity contribution in [3.8, 4) is 0 Å². The number of β-amino-alcohol motifs (C(OH)–C–C–N with tert-alkyl or cyclic N) is 1. The Kier molecular flexibility index (Phi) is 2.59. The zero-order chi connectivity index (χ0) is 11.8. The molecule has 0 bridgehead atoms. The summed E-state index contributed by atoms with van der Waals surface area (Å²) in [5, 5.41) is 12.3. The van der Waals surface area contributed by atoms with E-state index in [0.717, 1.165) is 11.3 Å². The van der Waals surface area contributed by atoms with Crippen LogP contribution in [0.4, 0.5) is 10.5 Å². The molecular formula is C12H16N2O2. The third-order valence-electron chi connectivity index (χ3n) is 2.65. The van der Waals surface area contributed by atoms with Gasteiger partial charge in [-0.1, -0.05) is 17.7 Å². The molecule has 1 aliphatic rings. The molecule has 1 aromatic carbocycles. The number of rotatable bonds is 1. The number of urea groups is 1. The summed E-state index contributed by atoms with van der Waals surface area (Å²) in [7, 11) is 0. The Morgan fingerprint density at radius 1 is 1.38 bits per heavy atom. The van der Waals surface area contributed by atoms with Crippen LogP contribution in [0.25, 0.3) is 0 Å². The Balaban J connectivity index is 1.91. The Morgan fingerprint density at radius 2 is 1.94 bits per heavy atom. The second-order valence-electron chi connectivity index (χ2n) is 4.65. The van der Waals surface area contributed by atoms with E-state index in [2.05, 4.69) is 5.32 Å². The number of carbonyl (C=O) groups excluding carboxylic acids is 1. The highest BCUT2D eigenvalue weighted by molar-refractivity contribution is 5.90. The molecule has 0 atom stereocenters. The minimum absolute atomic E-state index is 0.157. The van der Waals surface area contributed by atoms with Crippen molar-refractivity contribution < 1.29 is 9.90 Å². The van der Waals surface area contributed by atoms with E-state index < -0.39 is 5.60 Å². The van der Waals surface area contributed by atoms with Crippen molar-refractivity contribution >= 4 is 11.7 Å². The number of aryl methyl sites for hydroxylation is 1. The molecule has 2 amide bonds. The normalized spacial score (nSPS) is 17.8. The molecule has 2 rings (SSSR count). The largest absolute Gasteiger partial charge is 0.386 e. The van der Waals surface area contributed by atoms with Gasteiger partial charge in [0.25, 0.3) is 0 Å². The van der Waals surface area contributed by atoms with Gasteiger partial charge < -0.3 is 15.3 Å². The molecule has 1 aliphatic heterocycles. The number of nitrogens with zero attached hydrogens (tertiary/aromatic N) is 1. The molecule has 0 aromatic heterocycles. The van der Waals surface area contributed by atoms with E-state index in [1.54, 1.807) is 11.8 Å². The van der Waals surface area contributed by atoms with Gasteiger partial charge in [-0.05, 0) is 26.0 Å². The van der Waals surface area contributed by atoms with Crippen LogP contribution >= 0.6 is 0 Å². The van der Waals surface area contributed by atoms with Gasteiger partial charge in [0.05, 0.1) is 18.7 Å². The van der Waals surface area contributed by atoms with Crippen LogP contribution in [0, 0.1) is 6.92 Å². The fourth-order valence-corrected chi connectivity index (χ4v) is 1.76. The lowest BCUT2D eigenvalue weighted by Gasteiger charge is -2.43. The number of likely N-dealkylation sites (tertiary alicyclic amines) is 1. The number of benzene rings is 1. The molecule has 1 heterocycles. The van der Waals surface area contributed by atoms with Gasteiger partial charge in [0.1, 0.15) is 0 Å². The quantitative estimate of drug-likeness (QED) is 0.755. The molecule has 0 spiro atoms. The van der Waals surface area contributed by atoms with Crippen LogP contribution in [-0.2, 0) is 0 Å². The summed E-state index contributed by atoms with van der Waals surface area (Å²) in [6.45, 7) is 4.51. The van der Waals surface area contributed by atoms with Crippen LogP contribution in [0.2, 0.25) is 0 Å². The number of hydrogen-bond acceptors (Lipinski definition) is 2. The van der Waals surface area contributed by atoms with Crippen molar-refractivity contribution in [2.75, 3.05) is 18.4 Å². The van der Waals surface area contributed by atoms with E-state index in [0.29, 0.717) is 13.1 Å². The lowest BCUT2D eigenvalue weighted by molar-refractivity contribution is -0.0581. The van der Waals surface area contributed by atoms with Crippen LogP contribution < -0.4 is 5.32 Å². The molecule has 86 valence electrons. The summed E-state index contributed by atoms with van der Waals surface area (Å²) in [6.07, 6.45) is 0. The van der Waals surface area contributed by atoms with E-state index in [4.69, 9.17) is 0 Å². The highest BCUT2D eigenvalue weighted by Crippen LogP contribution is 2.20. The lowest BCUT2D eigenvalue weighted by atomic mass is 9.98. The summed E-state index contributed by atoms with van der Waals surface area (Å²) in [4.78, 5) is 13.3. The van der Waals surface area contributed by atoms with Crippen LogP contribution in [0.1, 0.15) is 12.5 Å². The molecule has 4 nitrogen and oxygen atoms in total. The highest BCUT2D eigenvalue weighted by Gasteiger charge is 2.39. The van der Waals surface area contributed by atoms with Crippen molar-refractivity contribution in [3.05, 3.63) is 29.8 Å². The third-order valence-corrected chi connectivity index (χ3v) is 2.65. The van der Waals surface area contributed by atoms with Gasteiger partial charge >= 0.3 is 6.03 Å². The lowest BCUT2D eigenvalue weighted by Crippen LogP contribution is -2.62. The van der Waals surface area contributed by atoms with Crippen LogP contribution in [0.5, 0.6) is 0 Å². The summed E-state index contributed by atoms with van der Waals surface area (Å²) in [6, 6.07) is 7.47. The average molecular weight is 220 g/mol. The van der Waals surface area contributed by atoms with Gasteiger partial charge in [-0.3, -0.25) is 0 Å². The maximum atomic E-state index is 11.7. The predicted molar refractivity (Wildman–Crippen MR) is 62.4 cm³/mol. The molecule has 2 N–H and O–H groups in total. The van der Waals surface area contributed by atoms with Crippen molar-refractivity contribution in [2.45, 2.75) is 19.4 Å². The van der Waals surface area contributed by atoms with Gasteiger partial charge in [-0.2, -0.15) is 0 Å². The monoisotopic (exact) mass is 220 g/mol. The number of nitrogens with one attached hydrogen (secondary N) is 1. The number of anilines is 1. The van der Waals surface area contributed by atoms with Gasteiger partial charge in [-0.25, -0.2) is 4.79 Å². The Morgan fingerprint density at radius 3 is 2.44 bits per heavy atom. The maximum absolute atomic E-state index is 11.7. The number of hydrogen-bond donors (Lipinski definition) is 2. The molecule has 1 fully saturated rings. The molecule has 0 saturated carbocycles. The Bertz CT molecular complexity index is 390. The van der Waals surface area contributed by atoms with E-state index in [9.17, 15) is 9.90 Å².